The van der Waals surface area contributed by atoms with Crippen LogP contribution in [0, 0.1) is 12.7 Å². The van der Waals surface area contributed by atoms with E-state index >= 15 is 0 Å². The van der Waals surface area contributed by atoms with Gasteiger partial charge in [0.25, 0.3) is 0 Å². The van der Waals surface area contributed by atoms with E-state index in [1.807, 2.05) is 38.3 Å². The minimum Gasteiger partial charge on any atom is -0.405 e. The van der Waals surface area contributed by atoms with E-state index in [4.69, 9.17) is 20.5 Å². The molecule has 226 valence electrons. The Labute approximate surface area is 254 Å². The molecule has 1 atom stereocenters. The molecular formula is C35H43FN6O. The Hall–Kier alpha value is -4.85. The Kier molecular flexibility index (Phi) is 14.3. The molecule has 0 aliphatic carbocycles. The molecule has 4 rings (SSSR count). The van der Waals surface area contributed by atoms with Crippen LogP contribution in [0.15, 0.2) is 90.3 Å². The number of amides is 1. The highest BCUT2D eigenvalue weighted by molar-refractivity contribution is 5.97. The number of nitrogens with one attached hydrogen (secondary N) is 1. The number of rotatable bonds is 10. The quantitative estimate of drug-likeness (QED) is 0.102. The summed E-state index contributed by atoms with van der Waals surface area (Å²) in [6.07, 6.45) is 8.79. The molecule has 2 aromatic carbocycles. The van der Waals surface area contributed by atoms with Crippen LogP contribution >= 0.6 is 0 Å². The van der Waals surface area contributed by atoms with Gasteiger partial charge in [-0.15, -0.1) is 0 Å². The molecular weight excluding hydrogens is 539 g/mol. The Morgan fingerprint density at radius 2 is 1.84 bits per heavy atom. The molecule has 0 saturated heterocycles. The summed E-state index contributed by atoms with van der Waals surface area (Å²) in [4.78, 5) is 22.8. The van der Waals surface area contributed by atoms with Crippen molar-refractivity contribution in [3.63, 3.8) is 0 Å². The summed E-state index contributed by atoms with van der Waals surface area (Å²) >= 11 is 0. The first kappa shape index (κ1) is 34.4. The Morgan fingerprint density at radius 3 is 2.49 bits per heavy atom. The second-order valence-electron chi connectivity index (χ2n) is 9.57. The smallest absolute Gasteiger partial charge is 0.204 e. The van der Waals surface area contributed by atoms with Crippen LogP contribution in [0.5, 0.6) is 0 Å². The van der Waals surface area contributed by atoms with E-state index in [2.05, 4.69) is 55.5 Å². The average Bonchev–Trinajstić information content (AvgIpc) is 3.01. The number of nitrogens with two attached hydrogens (primary N) is 2. The minimum absolute atomic E-state index is 0.248. The molecule has 1 amide bonds. The van der Waals surface area contributed by atoms with E-state index in [0.717, 1.165) is 51.1 Å². The maximum Gasteiger partial charge on any atom is 0.204 e. The van der Waals surface area contributed by atoms with Gasteiger partial charge in [0, 0.05) is 47.7 Å². The number of allylic oxidation sites excluding steroid dienone is 1. The number of hydrogen-bond acceptors (Lipinski definition) is 6. The molecule has 4 aromatic rings. The van der Waals surface area contributed by atoms with Crippen molar-refractivity contribution >= 4 is 29.2 Å². The van der Waals surface area contributed by atoms with Crippen LogP contribution < -0.4 is 16.8 Å². The number of carbonyl (C=O) groups excluding carboxylic acids is 1. The molecule has 0 fully saturated rings. The summed E-state index contributed by atoms with van der Waals surface area (Å²) in [5.74, 6) is 0.155. The highest BCUT2D eigenvalue weighted by Crippen LogP contribution is 2.31. The fourth-order valence-electron chi connectivity index (χ4n) is 4.50. The van der Waals surface area contributed by atoms with Crippen molar-refractivity contribution in [3.05, 3.63) is 114 Å². The number of anilines is 1. The molecule has 0 aliphatic rings. The van der Waals surface area contributed by atoms with Gasteiger partial charge >= 0.3 is 0 Å². The first-order valence-corrected chi connectivity index (χ1v) is 14.5. The Bertz CT molecular complexity index is 1550. The number of carbonyl (C=O) groups is 1. The molecule has 0 bridgehead atoms. The molecule has 8 heteroatoms. The average molecular weight is 583 g/mol. The maximum atomic E-state index is 13.5. The van der Waals surface area contributed by atoms with Gasteiger partial charge in [0.05, 0.1) is 16.9 Å². The lowest BCUT2D eigenvalue weighted by molar-refractivity contribution is -0.106. The summed E-state index contributed by atoms with van der Waals surface area (Å²) in [5, 5.41) is 4.28. The molecule has 5 N–H and O–H groups in total. The lowest BCUT2D eigenvalue weighted by Gasteiger charge is -2.18. The molecule has 43 heavy (non-hydrogen) atoms. The van der Waals surface area contributed by atoms with Gasteiger partial charge in [0.1, 0.15) is 5.82 Å². The molecule has 0 radical (unpaired) electrons. The first-order valence-electron chi connectivity index (χ1n) is 14.5. The van der Waals surface area contributed by atoms with Gasteiger partial charge in [-0.3, -0.25) is 19.8 Å². The number of aliphatic imine (C=N–C) groups is 1. The summed E-state index contributed by atoms with van der Waals surface area (Å²) in [5.41, 5.74) is 18.3. The highest BCUT2D eigenvalue weighted by atomic mass is 19.1. The number of primary amides is 1. The number of halogens is 1. The van der Waals surface area contributed by atoms with E-state index in [9.17, 15) is 4.39 Å². The minimum atomic E-state index is -0.248. The van der Waals surface area contributed by atoms with Crippen molar-refractivity contribution in [1.29, 1.82) is 0 Å². The van der Waals surface area contributed by atoms with Crippen molar-refractivity contribution < 1.29 is 9.18 Å². The zero-order valence-electron chi connectivity index (χ0n) is 25.8. The molecule has 0 saturated carbocycles. The second kappa shape index (κ2) is 17.9. The Balaban J connectivity index is 0.00000121. The number of aromatic nitrogens is 2. The monoisotopic (exact) mass is 582 g/mol. The van der Waals surface area contributed by atoms with Crippen molar-refractivity contribution in [2.24, 2.45) is 16.5 Å². The number of fused-ring (bicyclic) bond motifs is 1. The van der Waals surface area contributed by atoms with Gasteiger partial charge in [-0.1, -0.05) is 40.3 Å². The Morgan fingerprint density at radius 1 is 1.14 bits per heavy atom. The lowest BCUT2D eigenvalue weighted by Crippen LogP contribution is -2.05. The topological polar surface area (TPSA) is 119 Å². The van der Waals surface area contributed by atoms with Gasteiger partial charge in [-0.05, 0) is 96.8 Å². The second-order valence-corrected chi connectivity index (χ2v) is 9.57. The standard InChI is InChI=1S/C32H34FN5.C2H6.CH3NO/c1-5-21(2)29-19-28(38-31(23(29)4)25-8-10-27(33)11-9-25)13-16-35-20-24-17-26-7-6-15-36-32(26)30(18-24)37-22(3)12-14-34;1-2;2-1-3/h6-12,14-15,17-21,37H,3,5,13,16,34H2,1-2,4H3;1-2H3;1H,(H2,2,3)/b14-12-,35-20?;;. The molecule has 2 heterocycles. The third-order valence-electron chi connectivity index (χ3n) is 6.68. The van der Waals surface area contributed by atoms with Gasteiger partial charge in [-0.2, -0.15) is 0 Å². The normalized spacial score (nSPS) is 11.4. The number of nitrogens with zero attached hydrogens (tertiary/aromatic N) is 3. The third kappa shape index (κ3) is 9.88. The molecule has 1 unspecified atom stereocenters. The van der Waals surface area contributed by atoms with Crippen molar-refractivity contribution in [3.8, 4) is 11.3 Å². The van der Waals surface area contributed by atoms with E-state index in [1.165, 1.54) is 23.9 Å². The van der Waals surface area contributed by atoms with Gasteiger partial charge < -0.3 is 16.8 Å². The van der Waals surface area contributed by atoms with E-state index < -0.39 is 0 Å². The highest BCUT2D eigenvalue weighted by Gasteiger charge is 2.15. The van der Waals surface area contributed by atoms with Crippen LogP contribution in [-0.2, 0) is 11.2 Å². The summed E-state index contributed by atoms with van der Waals surface area (Å²) in [7, 11) is 0. The van der Waals surface area contributed by atoms with E-state index in [0.29, 0.717) is 24.6 Å². The first-order chi connectivity index (χ1) is 20.8. The summed E-state index contributed by atoms with van der Waals surface area (Å²) in [6.45, 7) is 15.1. The molecule has 0 spiro atoms. The SMILES string of the molecule is C=C(/C=C\N)Nc1cc(C=NCCc2cc(C(C)CC)c(C)c(-c3ccc(F)cc3)n2)cc2cccnc12.CC.NC=O. The molecule has 0 aliphatic heterocycles. The van der Waals surface area contributed by atoms with Crippen LogP contribution in [0.4, 0.5) is 10.1 Å². The number of benzene rings is 2. The van der Waals surface area contributed by atoms with Crippen molar-refractivity contribution in [2.75, 3.05) is 11.9 Å². The van der Waals surface area contributed by atoms with Crippen LogP contribution in [0.2, 0.25) is 0 Å². The molecule has 2 aromatic heterocycles. The fraction of sp³-hybridized carbons (Fsp3) is 0.257. The van der Waals surface area contributed by atoms with Crippen molar-refractivity contribution in [1.82, 2.24) is 9.97 Å². The van der Waals surface area contributed by atoms with Gasteiger partial charge in [-0.25, -0.2) is 4.39 Å². The lowest BCUT2D eigenvalue weighted by atomic mass is 9.91. The van der Waals surface area contributed by atoms with E-state index in [-0.39, 0.29) is 12.2 Å². The fourth-order valence-corrected chi connectivity index (χ4v) is 4.50. The van der Waals surface area contributed by atoms with Gasteiger partial charge in [0.2, 0.25) is 6.41 Å². The predicted molar refractivity (Wildman–Crippen MR) is 179 cm³/mol. The third-order valence-corrected chi connectivity index (χ3v) is 6.68. The van der Waals surface area contributed by atoms with Crippen LogP contribution in [0.25, 0.3) is 22.2 Å². The van der Waals surface area contributed by atoms with Crippen LogP contribution in [0.1, 0.15) is 62.4 Å². The summed E-state index contributed by atoms with van der Waals surface area (Å²) < 4.78 is 13.5. The molecule has 7 nitrogen and oxygen atoms in total. The van der Waals surface area contributed by atoms with Gasteiger partial charge in [0.15, 0.2) is 0 Å². The van der Waals surface area contributed by atoms with E-state index in [1.54, 1.807) is 24.4 Å². The predicted octanol–water partition coefficient (Wildman–Crippen LogP) is 7.45. The largest absolute Gasteiger partial charge is 0.405 e. The number of hydrogen-bond donors (Lipinski definition) is 3. The van der Waals surface area contributed by atoms with Crippen molar-refractivity contribution in [2.45, 2.75) is 53.4 Å². The number of pyridine rings is 2. The summed E-state index contributed by atoms with van der Waals surface area (Å²) in [6, 6.07) is 16.8. The van der Waals surface area contributed by atoms with Crippen LogP contribution in [0.3, 0.4) is 0 Å². The zero-order chi connectivity index (χ0) is 31.8. The zero-order valence-corrected chi connectivity index (χ0v) is 25.8. The van der Waals surface area contributed by atoms with Crippen LogP contribution in [-0.4, -0.2) is 29.1 Å². The maximum absolute atomic E-state index is 13.5.